The van der Waals surface area contributed by atoms with Crippen LogP contribution in [0.1, 0.15) is 92.0 Å². The van der Waals surface area contributed by atoms with E-state index in [1.165, 1.54) is 77.8 Å². The maximum Gasteiger partial charge on any atom is 0.175 e. The topological polar surface area (TPSA) is 350 Å². The van der Waals surface area contributed by atoms with Gasteiger partial charge in [0.15, 0.2) is 99.0 Å². The van der Waals surface area contributed by atoms with Crippen LogP contribution < -0.4 is 28.2 Å². The van der Waals surface area contributed by atoms with Crippen molar-refractivity contribution < 1.29 is 0 Å². The molecule has 0 saturated heterocycles. The number of hydrogen-bond donors (Lipinski definition) is 7. The molecule has 0 spiro atoms. The monoisotopic (exact) mass is 1960 g/mol. The van der Waals surface area contributed by atoms with E-state index < -0.39 is 0 Å². The van der Waals surface area contributed by atoms with Gasteiger partial charge in [-0.1, -0.05) is 151 Å². The van der Waals surface area contributed by atoms with E-state index >= 15 is 0 Å². The number of H-pyrrole nitrogens is 2. The van der Waals surface area contributed by atoms with Gasteiger partial charge in [0, 0.05) is 109 Å². The lowest BCUT2D eigenvalue weighted by atomic mass is 10.2. The average molecular weight is 1960 g/mol. The number of hydrogen-bond acceptors (Lipinski definition) is 23. The molecule has 0 aliphatic rings. The number of anilines is 3. The molecule has 10 aromatic heterocycles. The average Bonchev–Trinajstić information content (AvgIpc) is 1.65. The molecule has 0 amide bonds. The van der Waals surface area contributed by atoms with E-state index in [4.69, 9.17) is 176 Å². The van der Waals surface area contributed by atoms with E-state index in [1.807, 2.05) is 112 Å². The van der Waals surface area contributed by atoms with E-state index in [1.54, 1.807) is 18.7 Å². The molecule has 0 radical (unpaired) electrons. The molecular weight excluding hydrogens is 1890 g/mol. The number of imidazole rings is 5. The van der Waals surface area contributed by atoms with Crippen LogP contribution in [0, 0.1) is 107 Å². The van der Waals surface area contributed by atoms with Gasteiger partial charge in [0.2, 0.25) is 0 Å². The highest BCUT2D eigenvalue weighted by molar-refractivity contribution is 8.00. The second-order valence-electron chi connectivity index (χ2n) is 27.2. The third-order valence-corrected chi connectivity index (χ3v) is 27.3. The van der Waals surface area contributed by atoms with E-state index in [9.17, 15) is 0 Å². The first-order valence-electron chi connectivity index (χ1n) is 37.8. The lowest BCUT2D eigenvalue weighted by Gasteiger charge is -2.10. The Hall–Kier alpha value is -9.70. The van der Waals surface area contributed by atoms with Crippen molar-refractivity contribution in [3.63, 3.8) is 0 Å². The Morgan fingerprint density at radius 3 is 1.08 bits per heavy atom. The molecule has 15 aromatic rings. The van der Waals surface area contributed by atoms with Crippen LogP contribution in [0.5, 0.6) is 0 Å². The summed E-state index contributed by atoms with van der Waals surface area (Å²) in [6.45, 7) is 13.0. The summed E-state index contributed by atoms with van der Waals surface area (Å²) in [5, 5.41) is 25.6. The van der Waals surface area contributed by atoms with Crippen LogP contribution in [0.15, 0.2) is 143 Å². The van der Waals surface area contributed by atoms with Crippen LogP contribution in [-0.4, -0.2) is 97.6 Å². The fraction of sp³-hybridized carbons (Fsp3) is 0.235. The SMILES string of the molecule is C#CCCCn1c(Sc2cc(C)c(Cl)c(Cl)c2)nc2c(N)ncnc21.C#CCCCn1c(Sc2cc(Cl)c(C)cc2Cl)nc2c(N)ncnc21.C#CCCCn1c(Sc2cc(Cl)cc(C)c2Cl)nc2c(N)ncnc21.C#CCCCn1cnc(=N)c2[nH]c(Sc3cc(Cl)c(C)cc3Cl)nc21.C#CCCCn1cnc(=N)c2[nH]c(Sc3cc(Cl)cc(C)c3Cl)nc21. The highest BCUT2D eigenvalue weighted by Gasteiger charge is 2.23. The number of nitrogens with zero attached hydrogens (tertiary/aromatic N) is 18. The number of aryl methyl sites for hydroxylation is 10. The van der Waals surface area contributed by atoms with Gasteiger partial charge >= 0.3 is 0 Å². The van der Waals surface area contributed by atoms with Crippen LogP contribution in [0.2, 0.25) is 50.2 Å². The van der Waals surface area contributed by atoms with Gasteiger partial charge in [-0.25, -0.2) is 64.8 Å². The predicted octanol–water partition coefficient (Wildman–Crippen LogP) is 22.6. The van der Waals surface area contributed by atoms with E-state index in [0.29, 0.717) is 199 Å². The zero-order valence-corrected chi connectivity index (χ0v) is 78.9. The van der Waals surface area contributed by atoms with Gasteiger partial charge in [0.25, 0.3) is 0 Å². The van der Waals surface area contributed by atoms with Crippen LogP contribution in [0.25, 0.3) is 55.8 Å². The van der Waals surface area contributed by atoms with Crippen LogP contribution in [0.3, 0.4) is 0 Å². The van der Waals surface area contributed by atoms with Crippen molar-refractivity contribution in [1.82, 2.24) is 97.6 Å². The third kappa shape index (κ3) is 24.4. The number of benzene rings is 5. The van der Waals surface area contributed by atoms with Crippen molar-refractivity contribution in [1.29, 1.82) is 10.8 Å². The molecule has 40 heteroatoms. The second-order valence-corrected chi connectivity index (χ2v) is 36.4. The van der Waals surface area contributed by atoms with Crippen molar-refractivity contribution in [3.05, 3.63) is 181 Å². The number of rotatable bonds is 25. The molecule has 25 nitrogen and oxygen atoms in total. The minimum atomic E-state index is 0.149. The summed E-state index contributed by atoms with van der Waals surface area (Å²) in [4.78, 5) is 66.7. The lowest BCUT2D eigenvalue weighted by molar-refractivity contribution is 0.615. The second kappa shape index (κ2) is 45.1. The minimum absolute atomic E-state index is 0.149. The molecule has 0 bridgehead atoms. The van der Waals surface area contributed by atoms with Gasteiger partial charge in [-0.15, -0.1) is 61.7 Å². The van der Waals surface area contributed by atoms with Crippen molar-refractivity contribution in [2.75, 3.05) is 17.2 Å². The molecule has 0 aliphatic heterocycles. The Balaban J connectivity index is 0.000000152. The van der Waals surface area contributed by atoms with Crippen LogP contribution in [0.4, 0.5) is 17.5 Å². The number of aromatic nitrogens is 20. The smallest absolute Gasteiger partial charge is 0.175 e. The van der Waals surface area contributed by atoms with Crippen molar-refractivity contribution in [3.8, 4) is 61.7 Å². The lowest BCUT2D eigenvalue weighted by Crippen LogP contribution is -2.12. The van der Waals surface area contributed by atoms with E-state index in [-0.39, 0.29) is 11.0 Å². The largest absolute Gasteiger partial charge is 0.382 e. The molecule has 10 N–H and O–H groups in total. The Morgan fingerprint density at radius 2 is 0.696 bits per heavy atom. The van der Waals surface area contributed by atoms with Gasteiger partial charge in [-0.05, 0) is 179 Å². The van der Waals surface area contributed by atoms with E-state index in [2.05, 4.69) is 104 Å². The fourth-order valence-corrected chi connectivity index (χ4v) is 19.4. The Bertz CT molecular complexity index is 6860. The third-order valence-electron chi connectivity index (χ3n) is 18.1. The normalized spacial score (nSPS) is 11.0. The Kier molecular flexibility index (Phi) is 34.6. The summed E-state index contributed by atoms with van der Waals surface area (Å²) in [6.07, 6.45) is 41.7. The maximum atomic E-state index is 7.99. The number of nitrogens with one attached hydrogen (secondary N) is 4. The first-order chi connectivity index (χ1) is 60.0. The molecule has 15 rings (SSSR count). The number of nitrogens with two attached hydrogens (primary N) is 3. The highest BCUT2D eigenvalue weighted by atomic mass is 35.5. The number of halogens is 10. The Labute approximate surface area is 791 Å². The molecule has 5 aromatic carbocycles. The summed E-state index contributed by atoms with van der Waals surface area (Å²) in [7, 11) is 0. The molecule has 10 heterocycles. The van der Waals surface area contributed by atoms with Gasteiger partial charge in [-0.2, -0.15) is 0 Å². The molecule has 0 atom stereocenters. The predicted molar refractivity (Wildman–Crippen MR) is 512 cm³/mol. The summed E-state index contributed by atoms with van der Waals surface area (Å²) in [6, 6.07) is 18.4. The first-order valence-corrected chi connectivity index (χ1v) is 45.6. The van der Waals surface area contributed by atoms with Gasteiger partial charge < -0.3 is 50.0 Å². The summed E-state index contributed by atoms with van der Waals surface area (Å²) in [5.74, 6) is 14.2. The fourth-order valence-electron chi connectivity index (χ4n) is 11.9. The van der Waals surface area contributed by atoms with Crippen LogP contribution >= 0.6 is 175 Å². The van der Waals surface area contributed by atoms with Crippen LogP contribution in [-0.2, 0) is 32.7 Å². The van der Waals surface area contributed by atoms with E-state index in [0.717, 1.165) is 99.9 Å². The quantitative estimate of drug-likeness (QED) is 0.0206. The number of unbranched alkanes of at least 4 members (excludes halogenated alkanes) is 5. The minimum Gasteiger partial charge on any atom is -0.382 e. The summed E-state index contributed by atoms with van der Waals surface area (Å²) < 4.78 is 9.78. The van der Waals surface area contributed by atoms with Crippen molar-refractivity contribution in [2.45, 2.75) is 182 Å². The zero-order chi connectivity index (χ0) is 89.9. The molecule has 640 valence electrons. The van der Waals surface area contributed by atoms with Crippen molar-refractivity contribution >= 4 is 248 Å². The Morgan fingerprint density at radius 1 is 0.352 bits per heavy atom. The van der Waals surface area contributed by atoms with Gasteiger partial charge in [-0.3, -0.25) is 10.8 Å². The molecule has 0 saturated carbocycles. The molecular formula is C85H75Cl10N25S5. The highest BCUT2D eigenvalue weighted by Crippen LogP contribution is 2.43. The summed E-state index contributed by atoms with van der Waals surface area (Å²) >= 11 is 69.6. The van der Waals surface area contributed by atoms with Gasteiger partial charge in [0.1, 0.15) is 30.0 Å². The van der Waals surface area contributed by atoms with Gasteiger partial charge in [0.05, 0.1) is 42.8 Å². The molecule has 125 heavy (non-hydrogen) atoms. The first kappa shape index (κ1) is 95.9. The maximum absolute atomic E-state index is 7.99. The summed E-state index contributed by atoms with van der Waals surface area (Å²) in [5.41, 5.74) is 29.0. The molecule has 0 unspecified atom stereocenters. The standard InChI is InChI=1S/5C17H15Cl2N5S/c1-3-4-5-6-24-9-21-15(20)14-16(24)23-17(22-14)25-13-8-11(18)10(2)7-12(13)19;1-3-4-5-6-24-16-14(15(20)21-9-22-16)23-17(24)25-13-8-11(18)10(2)7-12(13)19;1-3-4-5-6-24-16-14(15(20)21-9-22-16)23-17(24)25-11-7-10(2)13(19)12(18)8-11;1-3-4-5-6-24-9-21-15(20)14-16(24)23-17(22-14)25-12-8-11(18)7-10(2)13(12)19;1-3-4-5-6-24-16-14(15(20)21-9-22-16)23-17(24)25-12-8-11(18)7-10(2)13(12)19/h1,7-9,20H,4-6H2,2H3,(H,22,23);2*1,7-9H,4-6H2,2H3,(H2,20,21,22);1,7-9,20H,4-6H2,2H3,(H,22,23);1,7-9H,4-6H2,2H3,(H2,20,21,22). The number of terminal acetylenes is 5. The molecule has 0 aliphatic carbocycles. The number of nitrogen functional groups attached to an aromatic ring is 3. The number of aromatic amines is 2. The van der Waals surface area contributed by atoms with Crippen molar-refractivity contribution in [2.24, 2.45) is 0 Å². The number of fused-ring (bicyclic) bond motifs is 5. The molecule has 0 fully saturated rings. The zero-order valence-electron chi connectivity index (χ0n) is 67.3.